The first-order valence-corrected chi connectivity index (χ1v) is 6.80. The fraction of sp³-hybridized carbons (Fsp3) is 0.714. The topological polar surface area (TPSA) is 65.4 Å². The second-order valence-corrected chi connectivity index (χ2v) is 4.98. The molecular weight excluding hydrogens is 242 g/mol. The van der Waals surface area contributed by atoms with Crippen molar-refractivity contribution in [3.05, 3.63) is 11.8 Å². The summed E-state index contributed by atoms with van der Waals surface area (Å²) in [5.74, 6) is 0.440. The van der Waals surface area contributed by atoms with Gasteiger partial charge in [0.2, 0.25) is 0 Å². The molecular formula is C14H23N3O2. The van der Waals surface area contributed by atoms with Crippen molar-refractivity contribution in [1.29, 1.82) is 5.26 Å². The highest BCUT2D eigenvalue weighted by molar-refractivity contribution is 5.97. The predicted octanol–water partition coefficient (Wildman–Crippen LogP) is 1.28. The van der Waals surface area contributed by atoms with Gasteiger partial charge < -0.3 is 15.0 Å². The van der Waals surface area contributed by atoms with E-state index in [2.05, 4.69) is 17.1 Å². The van der Waals surface area contributed by atoms with Crippen molar-refractivity contribution >= 4 is 5.91 Å². The molecule has 1 saturated heterocycles. The summed E-state index contributed by atoms with van der Waals surface area (Å²) in [5.41, 5.74) is 0.187. The summed E-state index contributed by atoms with van der Waals surface area (Å²) < 4.78 is 4.90. The van der Waals surface area contributed by atoms with Crippen molar-refractivity contribution in [2.24, 2.45) is 5.92 Å². The van der Waals surface area contributed by atoms with E-state index in [1.54, 1.807) is 13.3 Å². The number of nitrogens with one attached hydrogen (secondary N) is 1. The predicted molar refractivity (Wildman–Crippen MR) is 73.2 cm³/mol. The van der Waals surface area contributed by atoms with Gasteiger partial charge in [0.1, 0.15) is 11.6 Å². The van der Waals surface area contributed by atoms with Crippen molar-refractivity contribution < 1.29 is 9.53 Å². The van der Waals surface area contributed by atoms with Crippen LogP contribution in [0.1, 0.15) is 26.2 Å². The number of amides is 1. The van der Waals surface area contributed by atoms with Crippen LogP contribution in [0.15, 0.2) is 11.8 Å². The van der Waals surface area contributed by atoms with Crippen LogP contribution in [0.25, 0.3) is 0 Å². The van der Waals surface area contributed by atoms with Gasteiger partial charge in [-0.2, -0.15) is 5.26 Å². The van der Waals surface area contributed by atoms with Gasteiger partial charge in [0.25, 0.3) is 5.91 Å². The average Bonchev–Trinajstić information content (AvgIpc) is 2.42. The van der Waals surface area contributed by atoms with Gasteiger partial charge in [-0.25, -0.2) is 0 Å². The lowest BCUT2D eigenvalue weighted by molar-refractivity contribution is -0.117. The molecule has 0 atom stereocenters. The standard InChI is InChI=1S/C14H23N3O2/c1-12-4-7-17(8-5-12)11-13(10-15)14(18)16-6-3-9-19-2/h11-12H,3-9H2,1-2H3,(H,16,18)/b13-11-. The first-order chi connectivity index (χ1) is 9.17. The lowest BCUT2D eigenvalue weighted by atomic mass is 9.99. The molecule has 0 aromatic carbocycles. The third-order valence-corrected chi connectivity index (χ3v) is 3.31. The molecule has 5 heteroatoms. The van der Waals surface area contributed by atoms with E-state index in [4.69, 9.17) is 10.00 Å². The van der Waals surface area contributed by atoms with Crippen LogP contribution in [0.5, 0.6) is 0 Å². The Balaban J connectivity index is 2.43. The highest BCUT2D eigenvalue weighted by Gasteiger charge is 2.16. The molecule has 0 spiro atoms. The number of nitriles is 1. The van der Waals surface area contributed by atoms with Crippen LogP contribution in [-0.2, 0) is 9.53 Å². The van der Waals surface area contributed by atoms with Crippen LogP contribution in [0.3, 0.4) is 0 Å². The Hall–Kier alpha value is -1.54. The zero-order valence-electron chi connectivity index (χ0n) is 11.8. The van der Waals surface area contributed by atoms with E-state index in [-0.39, 0.29) is 11.5 Å². The summed E-state index contributed by atoms with van der Waals surface area (Å²) >= 11 is 0. The molecule has 1 amide bonds. The number of ether oxygens (including phenoxy) is 1. The maximum atomic E-state index is 11.8. The quantitative estimate of drug-likeness (QED) is 0.446. The third-order valence-electron chi connectivity index (χ3n) is 3.31. The van der Waals surface area contributed by atoms with E-state index >= 15 is 0 Å². The number of nitrogens with zero attached hydrogens (tertiary/aromatic N) is 2. The molecule has 106 valence electrons. The summed E-state index contributed by atoms with van der Waals surface area (Å²) in [6.07, 6.45) is 4.68. The molecule has 0 aliphatic carbocycles. The Morgan fingerprint density at radius 2 is 2.21 bits per heavy atom. The van der Waals surface area contributed by atoms with Gasteiger partial charge in [0.15, 0.2) is 0 Å². The monoisotopic (exact) mass is 265 g/mol. The smallest absolute Gasteiger partial charge is 0.263 e. The first kappa shape index (κ1) is 15.5. The minimum atomic E-state index is -0.294. The molecule has 0 saturated carbocycles. The zero-order valence-corrected chi connectivity index (χ0v) is 11.8. The van der Waals surface area contributed by atoms with Gasteiger partial charge in [-0.3, -0.25) is 4.79 Å². The molecule has 1 rings (SSSR count). The summed E-state index contributed by atoms with van der Waals surface area (Å²) in [7, 11) is 1.62. The maximum Gasteiger partial charge on any atom is 0.263 e. The minimum Gasteiger partial charge on any atom is -0.385 e. The fourth-order valence-corrected chi connectivity index (χ4v) is 1.99. The molecule has 1 aliphatic rings. The Morgan fingerprint density at radius 1 is 1.53 bits per heavy atom. The number of rotatable bonds is 6. The van der Waals surface area contributed by atoms with Crippen molar-refractivity contribution in [1.82, 2.24) is 10.2 Å². The molecule has 0 aromatic rings. The largest absolute Gasteiger partial charge is 0.385 e. The number of piperidine rings is 1. The average molecular weight is 265 g/mol. The number of methoxy groups -OCH3 is 1. The van der Waals surface area contributed by atoms with Gasteiger partial charge in [0.05, 0.1) is 0 Å². The van der Waals surface area contributed by atoms with Crippen molar-refractivity contribution in [2.45, 2.75) is 26.2 Å². The number of carbonyl (C=O) groups is 1. The van der Waals surface area contributed by atoms with Crippen molar-refractivity contribution in [3.8, 4) is 6.07 Å². The van der Waals surface area contributed by atoms with Crippen LogP contribution < -0.4 is 5.32 Å². The number of hydrogen-bond donors (Lipinski definition) is 1. The molecule has 5 nitrogen and oxygen atoms in total. The van der Waals surface area contributed by atoms with Gasteiger partial charge in [0, 0.05) is 39.6 Å². The molecule has 0 unspecified atom stereocenters. The summed E-state index contributed by atoms with van der Waals surface area (Å²) in [6.45, 7) is 5.21. The highest BCUT2D eigenvalue weighted by atomic mass is 16.5. The Kier molecular flexibility index (Phi) is 6.98. The van der Waals surface area contributed by atoms with Crippen molar-refractivity contribution in [2.75, 3.05) is 33.4 Å². The van der Waals surface area contributed by atoms with E-state index in [0.29, 0.717) is 13.2 Å². The molecule has 1 heterocycles. The Bertz CT molecular complexity index is 352. The van der Waals surface area contributed by atoms with Gasteiger partial charge in [-0.05, 0) is 25.2 Å². The van der Waals surface area contributed by atoms with Crippen molar-refractivity contribution in [3.63, 3.8) is 0 Å². The molecule has 1 fully saturated rings. The SMILES string of the molecule is COCCCNC(=O)/C(C#N)=C\N1CCC(C)CC1. The van der Waals surface area contributed by atoms with Crippen LogP contribution in [0, 0.1) is 17.2 Å². The zero-order chi connectivity index (χ0) is 14.1. The molecule has 0 bridgehead atoms. The van der Waals surface area contributed by atoms with Gasteiger partial charge in [-0.15, -0.1) is 0 Å². The van der Waals surface area contributed by atoms with Crippen LogP contribution in [-0.4, -0.2) is 44.2 Å². The Labute approximate surface area is 115 Å². The number of hydrogen-bond acceptors (Lipinski definition) is 4. The number of likely N-dealkylation sites (tertiary alicyclic amines) is 1. The fourth-order valence-electron chi connectivity index (χ4n) is 1.99. The molecule has 0 radical (unpaired) electrons. The Morgan fingerprint density at radius 3 is 2.79 bits per heavy atom. The molecule has 0 aromatic heterocycles. The number of carbonyl (C=O) groups excluding carboxylic acids is 1. The summed E-state index contributed by atoms with van der Waals surface area (Å²) in [6, 6.07) is 1.98. The van der Waals surface area contributed by atoms with E-state index in [1.165, 1.54) is 0 Å². The van der Waals surface area contributed by atoms with E-state index in [9.17, 15) is 4.79 Å². The first-order valence-electron chi connectivity index (χ1n) is 6.80. The van der Waals surface area contributed by atoms with Crippen LogP contribution in [0.2, 0.25) is 0 Å². The minimum absolute atomic E-state index is 0.187. The lowest BCUT2D eigenvalue weighted by Crippen LogP contribution is -2.31. The molecule has 19 heavy (non-hydrogen) atoms. The molecule has 1 N–H and O–H groups in total. The van der Waals surface area contributed by atoms with E-state index in [0.717, 1.165) is 38.3 Å². The maximum absolute atomic E-state index is 11.8. The normalized spacial score (nSPS) is 17.1. The van der Waals surface area contributed by atoms with E-state index in [1.807, 2.05) is 6.07 Å². The van der Waals surface area contributed by atoms with Crippen LogP contribution in [0.4, 0.5) is 0 Å². The second kappa shape index (κ2) is 8.54. The van der Waals surface area contributed by atoms with Gasteiger partial charge in [-0.1, -0.05) is 6.92 Å². The lowest BCUT2D eigenvalue weighted by Gasteiger charge is -2.29. The third kappa shape index (κ3) is 5.75. The van der Waals surface area contributed by atoms with Crippen LogP contribution >= 0.6 is 0 Å². The summed E-state index contributed by atoms with van der Waals surface area (Å²) in [5, 5.41) is 11.8. The van der Waals surface area contributed by atoms with Gasteiger partial charge >= 0.3 is 0 Å². The molecule has 1 aliphatic heterocycles. The highest BCUT2D eigenvalue weighted by Crippen LogP contribution is 2.16. The van der Waals surface area contributed by atoms with E-state index < -0.39 is 0 Å². The summed E-state index contributed by atoms with van der Waals surface area (Å²) in [4.78, 5) is 13.9. The second-order valence-electron chi connectivity index (χ2n) is 4.98.